The molecule has 0 aliphatic heterocycles. The molecule has 0 unspecified atom stereocenters. The number of benzene rings is 2. The van der Waals surface area contributed by atoms with E-state index in [9.17, 15) is 0 Å². The number of hydrogen-bond donors (Lipinski definition) is 2. The predicted molar refractivity (Wildman–Crippen MR) is 81.0 cm³/mol. The molecule has 92 valence electrons. The van der Waals surface area contributed by atoms with Crippen LogP contribution < -0.4 is 10.6 Å². The summed E-state index contributed by atoms with van der Waals surface area (Å²) in [6, 6.07) is 17.6. The standard InChI is InChI=1S/C14H13ClN2S/c15-12-8-4-5-9-13(12)17-14(18)16-10-11-6-2-1-3-7-11/h1-9H,10H2,(H2,16,17,18). The zero-order chi connectivity index (χ0) is 12.8. The maximum Gasteiger partial charge on any atom is 0.171 e. The van der Waals surface area contributed by atoms with Crippen molar-refractivity contribution in [1.82, 2.24) is 5.32 Å². The molecule has 2 nitrogen and oxygen atoms in total. The summed E-state index contributed by atoms with van der Waals surface area (Å²) < 4.78 is 0. The Morgan fingerprint density at radius 1 is 1.00 bits per heavy atom. The Hall–Kier alpha value is -1.58. The lowest BCUT2D eigenvalue weighted by Gasteiger charge is -2.11. The summed E-state index contributed by atoms with van der Waals surface area (Å²) >= 11 is 11.2. The van der Waals surface area contributed by atoms with Crippen molar-refractivity contribution in [2.45, 2.75) is 6.54 Å². The van der Waals surface area contributed by atoms with Gasteiger partial charge in [-0.05, 0) is 29.9 Å². The van der Waals surface area contributed by atoms with Crippen molar-refractivity contribution < 1.29 is 0 Å². The molecule has 0 aromatic heterocycles. The van der Waals surface area contributed by atoms with Crippen LogP contribution in [0.2, 0.25) is 5.02 Å². The fourth-order valence-electron chi connectivity index (χ4n) is 1.51. The quantitative estimate of drug-likeness (QED) is 0.834. The van der Waals surface area contributed by atoms with Crippen LogP contribution in [0.5, 0.6) is 0 Å². The normalized spacial score (nSPS) is 9.83. The van der Waals surface area contributed by atoms with Crippen LogP contribution in [0.3, 0.4) is 0 Å². The van der Waals surface area contributed by atoms with Crippen molar-refractivity contribution in [2.24, 2.45) is 0 Å². The number of hydrogen-bond acceptors (Lipinski definition) is 1. The summed E-state index contributed by atoms with van der Waals surface area (Å²) in [7, 11) is 0. The fraction of sp³-hybridized carbons (Fsp3) is 0.0714. The second-order valence-electron chi connectivity index (χ2n) is 3.77. The molecule has 0 radical (unpaired) electrons. The van der Waals surface area contributed by atoms with Gasteiger partial charge in [0, 0.05) is 6.54 Å². The Morgan fingerprint density at radius 3 is 2.39 bits per heavy atom. The first-order valence-corrected chi connectivity index (χ1v) is 6.37. The van der Waals surface area contributed by atoms with E-state index in [4.69, 9.17) is 23.8 Å². The Balaban J connectivity index is 1.88. The van der Waals surface area contributed by atoms with E-state index < -0.39 is 0 Å². The van der Waals surface area contributed by atoms with Gasteiger partial charge < -0.3 is 10.6 Å². The third-order valence-corrected chi connectivity index (χ3v) is 2.99. The minimum atomic E-state index is 0.562. The van der Waals surface area contributed by atoms with Gasteiger partial charge in [0.2, 0.25) is 0 Å². The summed E-state index contributed by atoms with van der Waals surface area (Å²) in [6.07, 6.45) is 0. The summed E-state index contributed by atoms with van der Waals surface area (Å²) in [5.74, 6) is 0. The largest absolute Gasteiger partial charge is 0.358 e. The molecule has 4 heteroatoms. The van der Waals surface area contributed by atoms with Crippen LogP contribution in [0, 0.1) is 0 Å². The zero-order valence-corrected chi connectivity index (χ0v) is 11.3. The number of anilines is 1. The molecule has 0 saturated heterocycles. The molecular weight excluding hydrogens is 264 g/mol. The van der Waals surface area contributed by atoms with Crippen molar-refractivity contribution >= 4 is 34.6 Å². The van der Waals surface area contributed by atoms with Crippen LogP contribution in [0.4, 0.5) is 5.69 Å². The highest BCUT2D eigenvalue weighted by Crippen LogP contribution is 2.20. The number of thiocarbonyl (C=S) groups is 1. The molecule has 2 aromatic carbocycles. The molecule has 0 heterocycles. The average Bonchev–Trinajstić information content (AvgIpc) is 2.40. The highest BCUT2D eigenvalue weighted by atomic mass is 35.5. The molecule has 0 aliphatic carbocycles. The topological polar surface area (TPSA) is 24.1 Å². The maximum absolute atomic E-state index is 6.04. The van der Waals surface area contributed by atoms with Gasteiger partial charge in [0.1, 0.15) is 0 Å². The molecule has 0 saturated carbocycles. The molecule has 0 spiro atoms. The monoisotopic (exact) mass is 276 g/mol. The highest BCUT2D eigenvalue weighted by molar-refractivity contribution is 7.80. The van der Waals surface area contributed by atoms with Crippen molar-refractivity contribution in [2.75, 3.05) is 5.32 Å². The van der Waals surface area contributed by atoms with E-state index in [1.165, 1.54) is 5.56 Å². The third kappa shape index (κ3) is 3.72. The second-order valence-corrected chi connectivity index (χ2v) is 4.59. The van der Waals surface area contributed by atoms with Gasteiger partial charge in [-0.15, -0.1) is 0 Å². The average molecular weight is 277 g/mol. The Bertz CT molecular complexity index is 528. The third-order valence-electron chi connectivity index (χ3n) is 2.42. The van der Waals surface area contributed by atoms with E-state index in [1.807, 2.05) is 54.6 Å². The van der Waals surface area contributed by atoms with Crippen LogP contribution in [0.15, 0.2) is 54.6 Å². The molecule has 0 aliphatic rings. The van der Waals surface area contributed by atoms with Crippen LogP contribution >= 0.6 is 23.8 Å². The minimum absolute atomic E-state index is 0.562. The zero-order valence-electron chi connectivity index (χ0n) is 9.69. The molecule has 0 fully saturated rings. The van der Waals surface area contributed by atoms with Gasteiger partial charge in [0.15, 0.2) is 5.11 Å². The van der Waals surface area contributed by atoms with Crippen LogP contribution in [-0.2, 0) is 6.54 Å². The number of rotatable bonds is 3. The van der Waals surface area contributed by atoms with Crippen LogP contribution in [-0.4, -0.2) is 5.11 Å². The first kappa shape index (κ1) is 12.9. The summed E-state index contributed by atoms with van der Waals surface area (Å²) in [5.41, 5.74) is 1.99. The van der Waals surface area contributed by atoms with Gasteiger partial charge in [-0.1, -0.05) is 54.1 Å². The van der Waals surface area contributed by atoms with Crippen molar-refractivity contribution in [3.8, 4) is 0 Å². The summed E-state index contributed by atoms with van der Waals surface area (Å²) in [4.78, 5) is 0. The minimum Gasteiger partial charge on any atom is -0.358 e. The van der Waals surface area contributed by atoms with Gasteiger partial charge in [-0.25, -0.2) is 0 Å². The van der Waals surface area contributed by atoms with Crippen LogP contribution in [0.25, 0.3) is 0 Å². The summed E-state index contributed by atoms with van der Waals surface area (Å²) in [5, 5.41) is 7.42. The van der Waals surface area contributed by atoms with Gasteiger partial charge in [0.05, 0.1) is 10.7 Å². The smallest absolute Gasteiger partial charge is 0.171 e. The Labute approximate surface area is 117 Å². The van der Waals surface area contributed by atoms with E-state index >= 15 is 0 Å². The second kappa shape index (κ2) is 6.38. The van der Waals surface area contributed by atoms with Gasteiger partial charge in [-0.2, -0.15) is 0 Å². The first-order chi connectivity index (χ1) is 8.75. The van der Waals surface area contributed by atoms with Crippen molar-refractivity contribution in [3.63, 3.8) is 0 Å². The van der Waals surface area contributed by atoms with Crippen molar-refractivity contribution in [3.05, 3.63) is 65.2 Å². The van der Waals surface area contributed by atoms with E-state index in [2.05, 4.69) is 10.6 Å². The van der Waals surface area contributed by atoms with E-state index in [0.717, 1.165) is 5.69 Å². The molecule has 18 heavy (non-hydrogen) atoms. The maximum atomic E-state index is 6.04. The Kier molecular flexibility index (Phi) is 4.56. The number of halogens is 1. The van der Waals surface area contributed by atoms with E-state index in [-0.39, 0.29) is 0 Å². The molecule has 2 N–H and O–H groups in total. The SMILES string of the molecule is S=C(NCc1ccccc1)Nc1ccccc1Cl. The van der Waals surface area contributed by atoms with Gasteiger partial charge in [-0.3, -0.25) is 0 Å². The molecule has 0 atom stereocenters. The highest BCUT2D eigenvalue weighted by Gasteiger charge is 2.01. The first-order valence-electron chi connectivity index (χ1n) is 5.59. The molecule has 2 rings (SSSR count). The summed E-state index contributed by atoms with van der Waals surface area (Å²) in [6.45, 7) is 0.692. The predicted octanol–water partition coefficient (Wildman–Crippen LogP) is 3.83. The van der Waals surface area contributed by atoms with Crippen molar-refractivity contribution in [1.29, 1.82) is 0 Å². The van der Waals surface area contributed by atoms with Gasteiger partial charge >= 0.3 is 0 Å². The van der Waals surface area contributed by atoms with E-state index in [1.54, 1.807) is 0 Å². The lowest BCUT2D eigenvalue weighted by Crippen LogP contribution is -2.27. The lowest BCUT2D eigenvalue weighted by atomic mass is 10.2. The van der Waals surface area contributed by atoms with E-state index in [0.29, 0.717) is 16.7 Å². The Morgan fingerprint density at radius 2 is 1.67 bits per heavy atom. The molecule has 2 aromatic rings. The molecule has 0 amide bonds. The number of nitrogens with one attached hydrogen (secondary N) is 2. The number of para-hydroxylation sites is 1. The van der Waals surface area contributed by atoms with Crippen LogP contribution in [0.1, 0.15) is 5.56 Å². The lowest BCUT2D eigenvalue weighted by molar-refractivity contribution is 0.926. The molecular formula is C14H13ClN2S. The fourth-order valence-corrected chi connectivity index (χ4v) is 1.87. The van der Waals surface area contributed by atoms with Gasteiger partial charge in [0.25, 0.3) is 0 Å². The molecule has 0 bridgehead atoms.